The van der Waals surface area contributed by atoms with Gasteiger partial charge in [0.25, 0.3) is 0 Å². The van der Waals surface area contributed by atoms with E-state index < -0.39 is 5.97 Å². The first-order chi connectivity index (χ1) is 7.15. The number of fused-ring (bicyclic) bond motifs is 1. The van der Waals surface area contributed by atoms with Gasteiger partial charge in [-0.05, 0) is 19.1 Å². The maximum absolute atomic E-state index is 11.3. The summed E-state index contributed by atoms with van der Waals surface area (Å²) in [4.78, 5) is 23.6. The maximum atomic E-state index is 11.3. The smallest absolute Gasteiger partial charge is 0.352 e. The van der Waals surface area contributed by atoms with Crippen LogP contribution in [0.1, 0.15) is 13.3 Å². The number of aliphatic carboxylic acids is 1. The molecule has 2 rings (SSSR count). The highest BCUT2D eigenvalue weighted by Gasteiger charge is 2.52. The zero-order valence-corrected chi connectivity index (χ0v) is 9.16. The third-order valence-corrected chi connectivity index (χ3v) is 4.76. The van der Waals surface area contributed by atoms with Crippen LogP contribution in [0.3, 0.4) is 0 Å². The highest BCUT2D eigenvalue weighted by Crippen LogP contribution is 2.34. The van der Waals surface area contributed by atoms with E-state index in [-0.39, 0.29) is 27.9 Å². The summed E-state index contributed by atoms with van der Waals surface area (Å²) in [7, 11) is -0.00583. The minimum atomic E-state index is -1.00. The molecule has 15 heavy (non-hydrogen) atoms. The minimum Gasteiger partial charge on any atom is -0.477 e. The van der Waals surface area contributed by atoms with Gasteiger partial charge >= 0.3 is 5.97 Å². The average Bonchev–Trinajstić information content (AvgIpc) is 2.18. The van der Waals surface area contributed by atoms with E-state index in [0.29, 0.717) is 6.42 Å². The molecular weight excluding hydrogens is 214 g/mol. The number of allylic oxidation sites excluding steroid dienone is 1. The second-order valence-electron chi connectivity index (χ2n) is 3.42. The molecular formula is C10H12NO3S+. The number of hydrogen-bond donors (Lipinski definition) is 1. The van der Waals surface area contributed by atoms with Crippen LogP contribution in [0.4, 0.5) is 0 Å². The lowest BCUT2D eigenvalue weighted by molar-refractivity contribution is -0.146. The van der Waals surface area contributed by atoms with Gasteiger partial charge < -0.3 is 5.11 Å². The van der Waals surface area contributed by atoms with Crippen molar-refractivity contribution in [3.8, 4) is 0 Å². The van der Waals surface area contributed by atoms with Crippen molar-refractivity contribution in [2.75, 3.05) is 5.75 Å². The van der Waals surface area contributed by atoms with Crippen molar-refractivity contribution in [3.05, 3.63) is 23.3 Å². The molecule has 1 amide bonds. The number of β-lactam (4-membered cyclic amide) rings is 1. The van der Waals surface area contributed by atoms with Gasteiger partial charge in [-0.25, -0.2) is 4.79 Å². The monoisotopic (exact) mass is 226 g/mol. The zero-order chi connectivity index (χ0) is 11.0. The standard InChI is InChI=1S/C10H11NO3S/c1-2-4-15-5-3-7(10(13)14)11-8(12)6-9(11)15/h2-4,9H,5-6H2,1H3/p+1/t9-,15?/m1/s1. The van der Waals surface area contributed by atoms with Crippen molar-refractivity contribution in [3.63, 3.8) is 0 Å². The van der Waals surface area contributed by atoms with Crippen molar-refractivity contribution in [1.29, 1.82) is 0 Å². The topological polar surface area (TPSA) is 57.6 Å². The van der Waals surface area contributed by atoms with E-state index >= 15 is 0 Å². The Labute approximate surface area is 90.6 Å². The molecule has 0 saturated carbocycles. The van der Waals surface area contributed by atoms with Crippen molar-refractivity contribution in [2.24, 2.45) is 0 Å². The van der Waals surface area contributed by atoms with Crippen LogP contribution in [-0.2, 0) is 20.5 Å². The molecule has 1 unspecified atom stereocenters. The van der Waals surface area contributed by atoms with Crippen LogP contribution < -0.4 is 0 Å². The average molecular weight is 226 g/mol. The molecule has 2 atom stereocenters. The van der Waals surface area contributed by atoms with Crippen LogP contribution in [0.25, 0.3) is 0 Å². The van der Waals surface area contributed by atoms with Crippen molar-refractivity contribution in [2.45, 2.75) is 18.7 Å². The normalized spacial score (nSPS) is 29.8. The summed E-state index contributed by atoms with van der Waals surface area (Å²) in [5.41, 5.74) is 0.157. The molecule has 2 heterocycles. The summed E-state index contributed by atoms with van der Waals surface area (Å²) in [6, 6.07) is 0. The lowest BCUT2D eigenvalue weighted by Crippen LogP contribution is -2.58. The molecule has 1 saturated heterocycles. The van der Waals surface area contributed by atoms with Crippen LogP contribution in [0.5, 0.6) is 0 Å². The summed E-state index contributed by atoms with van der Waals surface area (Å²) in [5.74, 6) is -0.340. The Kier molecular flexibility index (Phi) is 2.56. The highest BCUT2D eigenvalue weighted by atomic mass is 32.2. The molecule has 80 valence electrons. The van der Waals surface area contributed by atoms with Gasteiger partial charge in [0, 0.05) is 10.9 Å². The SMILES string of the molecule is CC=C[S+]1CC=C(C(=O)O)N2C(=O)C[C@H]21. The summed E-state index contributed by atoms with van der Waals surface area (Å²) in [5, 5.41) is 11.1. The summed E-state index contributed by atoms with van der Waals surface area (Å²) >= 11 is 0. The number of carboxylic acid groups (broad SMARTS) is 1. The molecule has 1 N–H and O–H groups in total. The first-order valence-electron chi connectivity index (χ1n) is 4.72. The number of carboxylic acids is 1. The highest BCUT2D eigenvalue weighted by molar-refractivity contribution is 8.00. The van der Waals surface area contributed by atoms with E-state index in [0.717, 1.165) is 5.75 Å². The zero-order valence-electron chi connectivity index (χ0n) is 8.34. The number of carbonyl (C=O) groups is 2. The van der Waals surface area contributed by atoms with Gasteiger partial charge in [0.05, 0.1) is 6.42 Å². The van der Waals surface area contributed by atoms with E-state index in [2.05, 4.69) is 5.41 Å². The van der Waals surface area contributed by atoms with Gasteiger partial charge in [0.1, 0.15) is 16.9 Å². The van der Waals surface area contributed by atoms with Crippen LogP contribution in [0, 0.1) is 0 Å². The Morgan fingerprint density at radius 2 is 2.47 bits per heavy atom. The number of amides is 1. The lowest BCUT2D eigenvalue weighted by Gasteiger charge is -2.39. The Morgan fingerprint density at radius 3 is 3.00 bits per heavy atom. The van der Waals surface area contributed by atoms with Gasteiger partial charge in [-0.2, -0.15) is 0 Å². The van der Waals surface area contributed by atoms with Gasteiger partial charge in [-0.3, -0.25) is 9.69 Å². The van der Waals surface area contributed by atoms with Gasteiger partial charge in [-0.1, -0.05) is 0 Å². The van der Waals surface area contributed by atoms with Gasteiger partial charge in [0.15, 0.2) is 0 Å². The Balaban J connectivity index is 2.26. The van der Waals surface area contributed by atoms with Crippen LogP contribution in [0.2, 0.25) is 0 Å². The summed E-state index contributed by atoms with van der Waals surface area (Å²) in [6.45, 7) is 1.94. The Hall–Kier alpha value is -1.23. The van der Waals surface area contributed by atoms with Crippen molar-refractivity contribution in [1.82, 2.24) is 4.90 Å². The number of hydrogen-bond acceptors (Lipinski definition) is 2. The van der Waals surface area contributed by atoms with Crippen molar-refractivity contribution < 1.29 is 14.7 Å². The molecule has 0 aromatic carbocycles. The number of rotatable bonds is 2. The third kappa shape index (κ3) is 1.56. The molecule has 0 radical (unpaired) electrons. The molecule has 2 aliphatic heterocycles. The van der Waals surface area contributed by atoms with Gasteiger partial charge in [0.2, 0.25) is 11.3 Å². The largest absolute Gasteiger partial charge is 0.477 e. The third-order valence-electron chi connectivity index (χ3n) is 2.51. The molecule has 0 bridgehead atoms. The van der Waals surface area contributed by atoms with Crippen LogP contribution >= 0.6 is 0 Å². The second kappa shape index (κ2) is 3.73. The van der Waals surface area contributed by atoms with Crippen LogP contribution in [-0.4, -0.2) is 33.0 Å². The number of carbonyl (C=O) groups excluding carboxylic acids is 1. The fraction of sp³-hybridized carbons (Fsp3) is 0.400. The molecule has 5 heteroatoms. The lowest BCUT2D eigenvalue weighted by atomic mass is 10.1. The van der Waals surface area contributed by atoms with E-state index in [1.165, 1.54) is 4.90 Å². The fourth-order valence-electron chi connectivity index (χ4n) is 1.82. The second-order valence-corrected chi connectivity index (χ2v) is 5.51. The molecule has 0 spiro atoms. The fourth-order valence-corrected chi connectivity index (χ4v) is 3.89. The first kappa shape index (κ1) is 10.3. The molecule has 0 aromatic rings. The van der Waals surface area contributed by atoms with Gasteiger partial charge in [-0.15, -0.1) is 0 Å². The van der Waals surface area contributed by atoms with E-state index in [9.17, 15) is 9.59 Å². The van der Waals surface area contributed by atoms with E-state index in [4.69, 9.17) is 5.11 Å². The van der Waals surface area contributed by atoms with Crippen molar-refractivity contribution >= 4 is 22.8 Å². The molecule has 2 aliphatic rings. The minimum absolute atomic E-state index is 0.00583. The number of nitrogens with zero attached hydrogens (tertiary/aromatic N) is 1. The molecule has 0 aliphatic carbocycles. The Bertz CT molecular complexity index is 375. The molecule has 0 aromatic heterocycles. The quantitative estimate of drug-likeness (QED) is 0.556. The molecule has 1 fully saturated rings. The molecule has 4 nitrogen and oxygen atoms in total. The van der Waals surface area contributed by atoms with E-state index in [1.54, 1.807) is 6.08 Å². The van der Waals surface area contributed by atoms with E-state index in [1.807, 2.05) is 13.0 Å². The maximum Gasteiger partial charge on any atom is 0.352 e. The predicted octanol–water partition coefficient (Wildman–Crippen LogP) is 0.679. The summed E-state index contributed by atoms with van der Waals surface area (Å²) < 4.78 is 0. The van der Waals surface area contributed by atoms with Crippen LogP contribution in [0.15, 0.2) is 23.3 Å². The summed E-state index contributed by atoms with van der Waals surface area (Å²) in [6.07, 6.45) is 4.10. The predicted molar refractivity (Wildman–Crippen MR) is 58.0 cm³/mol. The first-order valence-corrected chi connectivity index (χ1v) is 6.24. The Morgan fingerprint density at radius 1 is 1.73 bits per heavy atom.